The van der Waals surface area contributed by atoms with Crippen molar-refractivity contribution in [3.8, 4) is 28.4 Å². The fraction of sp³-hybridized carbons (Fsp3) is 0.270. The highest BCUT2D eigenvalue weighted by atomic mass is 32.2. The molecule has 0 radical (unpaired) electrons. The van der Waals surface area contributed by atoms with E-state index in [1.807, 2.05) is 30.3 Å². The Labute approximate surface area is 289 Å². The zero-order chi connectivity index (χ0) is 33.5. The zero-order valence-electron chi connectivity index (χ0n) is 26.6. The van der Waals surface area contributed by atoms with Crippen LogP contribution in [0.3, 0.4) is 0 Å². The van der Waals surface area contributed by atoms with Gasteiger partial charge in [-0.2, -0.15) is 0 Å². The van der Waals surface area contributed by atoms with E-state index in [1.165, 1.54) is 31.0 Å². The van der Waals surface area contributed by atoms with Gasteiger partial charge >= 0.3 is 5.97 Å². The van der Waals surface area contributed by atoms with Crippen LogP contribution in [0.5, 0.6) is 17.2 Å². The molecule has 0 spiro atoms. The third kappa shape index (κ3) is 7.99. The van der Waals surface area contributed by atoms with Crippen molar-refractivity contribution in [1.29, 1.82) is 0 Å². The monoisotopic (exact) mass is 684 g/mol. The first-order valence-corrected chi connectivity index (χ1v) is 17.0. The Morgan fingerprint density at radius 1 is 0.917 bits per heavy atom. The largest absolute Gasteiger partial charge is 0.493 e. The number of rotatable bonds is 13. The number of hydrogen-bond donors (Lipinski definition) is 1. The van der Waals surface area contributed by atoms with Gasteiger partial charge in [0, 0.05) is 31.7 Å². The van der Waals surface area contributed by atoms with Crippen molar-refractivity contribution in [2.45, 2.75) is 6.42 Å². The van der Waals surface area contributed by atoms with Gasteiger partial charge in [0.15, 0.2) is 11.5 Å². The molecule has 11 heteroatoms. The van der Waals surface area contributed by atoms with E-state index in [9.17, 15) is 14.7 Å². The van der Waals surface area contributed by atoms with Crippen LogP contribution in [-0.4, -0.2) is 90.8 Å². The Balaban J connectivity index is 1.15. The number of carbonyl (C=O) groups is 2. The number of thioether (sulfide) groups is 1. The molecule has 4 aromatic carbocycles. The molecule has 2 saturated heterocycles. The number of benzene rings is 4. The number of aromatic carboxylic acids is 1. The van der Waals surface area contributed by atoms with Crippen LogP contribution in [0.1, 0.15) is 22.3 Å². The third-order valence-corrected chi connectivity index (χ3v) is 9.58. The highest BCUT2D eigenvalue weighted by Gasteiger charge is 2.31. The first-order valence-electron chi connectivity index (χ1n) is 15.8. The summed E-state index contributed by atoms with van der Waals surface area (Å²) in [6.45, 7) is 5.36. The summed E-state index contributed by atoms with van der Waals surface area (Å²) in [4.78, 5) is 29.2. The van der Waals surface area contributed by atoms with Crippen LogP contribution in [-0.2, 0) is 9.53 Å². The number of amides is 1. The van der Waals surface area contributed by atoms with E-state index >= 15 is 0 Å². The molecule has 0 saturated carbocycles. The summed E-state index contributed by atoms with van der Waals surface area (Å²) in [6, 6.07) is 25.1. The predicted octanol–water partition coefficient (Wildman–Crippen LogP) is 6.59. The lowest BCUT2D eigenvalue weighted by molar-refractivity contribution is -0.122. The van der Waals surface area contributed by atoms with Gasteiger partial charge in [-0.1, -0.05) is 66.4 Å². The molecular weight excluding hydrogens is 649 g/mol. The van der Waals surface area contributed by atoms with Gasteiger partial charge in [0.2, 0.25) is 0 Å². The molecule has 9 nitrogen and oxygen atoms in total. The van der Waals surface area contributed by atoms with Gasteiger partial charge in [-0.25, -0.2) is 4.79 Å². The number of morpholine rings is 1. The van der Waals surface area contributed by atoms with E-state index in [-0.39, 0.29) is 11.5 Å². The van der Waals surface area contributed by atoms with Crippen molar-refractivity contribution in [2.75, 3.05) is 59.7 Å². The summed E-state index contributed by atoms with van der Waals surface area (Å²) in [5.41, 5.74) is 2.97. The summed E-state index contributed by atoms with van der Waals surface area (Å²) in [6.07, 6.45) is 2.40. The fourth-order valence-corrected chi connectivity index (χ4v) is 6.93. The van der Waals surface area contributed by atoms with E-state index in [1.54, 1.807) is 11.0 Å². The minimum absolute atomic E-state index is 0.110. The van der Waals surface area contributed by atoms with Crippen LogP contribution < -0.4 is 14.2 Å². The first kappa shape index (κ1) is 33.5. The Morgan fingerprint density at radius 3 is 2.48 bits per heavy atom. The molecular formula is C37H36N2O7S2. The molecule has 0 bridgehead atoms. The molecule has 0 unspecified atom stereocenters. The highest BCUT2D eigenvalue weighted by molar-refractivity contribution is 8.26. The molecule has 1 N–H and O–H groups in total. The molecule has 6 rings (SSSR count). The molecule has 0 atom stereocenters. The van der Waals surface area contributed by atoms with E-state index in [2.05, 4.69) is 41.3 Å². The van der Waals surface area contributed by atoms with E-state index < -0.39 is 5.97 Å². The summed E-state index contributed by atoms with van der Waals surface area (Å²) in [5, 5.41) is 11.5. The molecule has 248 valence electrons. The van der Waals surface area contributed by atoms with Crippen molar-refractivity contribution in [3.05, 3.63) is 94.9 Å². The smallest absolute Gasteiger partial charge is 0.335 e. The molecule has 4 aromatic rings. The molecule has 0 aromatic heterocycles. The number of carbonyl (C=O) groups excluding carboxylic acids is 1. The SMILES string of the molecule is COc1cc(C(=O)O)ccc1OCCCN1C(=O)/C(=C/c2ccc(OCCN3CCOCC3)c(-c3ccc4ccccc4c3)c2)SC1=S. The van der Waals surface area contributed by atoms with Gasteiger partial charge in [-0.05, 0) is 70.8 Å². The molecule has 2 fully saturated rings. The summed E-state index contributed by atoms with van der Waals surface area (Å²) >= 11 is 6.87. The average Bonchev–Trinajstić information content (AvgIpc) is 3.37. The van der Waals surface area contributed by atoms with Crippen molar-refractivity contribution in [3.63, 3.8) is 0 Å². The first-order chi connectivity index (χ1) is 23.4. The Hall–Kier alpha value is -4.42. The van der Waals surface area contributed by atoms with Gasteiger partial charge in [0.1, 0.15) is 16.7 Å². The maximum atomic E-state index is 13.4. The van der Waals surface area contributed by atoms with Crippen molar-refractivity contribution < 1.29 is 33.6 Å². The second-order valence-electron chi connectivity index (χ2n) is 11.3. The van der Waals surface area contributed by atoms with Gasteiger partial charge in [0.25, 0.3) is 5.91 Å². The summed E-state index contributed by atoms with van der Waals surface area (Å²) in [5.74, 6) is 0.364. The second kappa shape index (κ2) is 15.7. The topological polar surface area (TPSA) is 97.8 Å². The number of nitrogens with zero attached hydrogens (tertiary/aromatic N) is 2. The Kier molecular flexibility index (Phi) is 10.9. The minimum atomic E-state index is -1.05. The summed E-state index contributed by atoms with van der Waals surface area (Å²) < 4.78 is 23.4. The fourth-order valence-electron chi connectivity index (χ4n) is 5.62. The molecule has 1 amide bonds. The number of methoxy groups -OCH3 is 1. The molecule has 2 aliphatic heterocycles. The molecule has 2 aliphatic rings. The number of hydrogen-bond acceptors (Lipinski definition) is 9. The lowest BCUT2D eigenvalue weighted by atomic mass is 9.98. The quantitative estimate of drug-likeness (QED) is 0.0944. The normalized spacial score (nSPS) is 16.1. The second-order valence-corrected chi connectivity index (χ2v) is 13.0. The number of ether oxygens (including phenoxy) is 4. The van der Waals surface area contributed by atoms with Crippen LogP contribution in [0.15, 0.2) is 83.8 Å². The minimum Gasteiger partial charge on any atom is -0.493 e. The van der Waals surface area contributed by atoms with Crippen molar-refractivity contribution >= 4 is 57.0 Å². The van der Waals surface area contributed by atoms with Crippen LogP contribution >= 0.6 is 24.0 Å². The predicted molar refractivity (Wildman–Crippen MR) is 192 cm³/mol. The third-order valence-electron chi connectivity index (χ3n) is 8.20. The van der Waals surface area contributed by atoms with Crippen LogP contribution in [0.2, 0.25) is 0 Å². The van der Waals surface area contributed by atoms with Crippen LogP contribution in [0, 0.1) is 0 Å². The Bertz CT molecular complexity index is 1850. The lowest BCUT2D eigenvalue weighted by Gasteiger charge is -2.26. The van der Waals surface area contributed by atoms with Crippen LogP contribution in [0.25, 0.3) is 28.0 Å². The number of carboxylic acids is 1. The Morgan fingerprint density at radius 2 is 1.69 bits per heavy atom. The zero-order valence-corrected chi connectivity index (χ0v) is 28.2. The molecule has 0 aliphatic carbocycles. The lowest BCUT2D eigenvalue weighted by Crippen LogP contribution is -2.38. The number of thiocarbonyl (C=S) groups is 1. The number of carboxylic acid groups (broad SMARTS) is 1. The molecule has 2 heterocycles. The van der Waals surface area contributed by atoms with E-state index in [4.69, 9.17) is 31.2 Å². The van der Waals surface area contributed by atoms with Gasteiger partial charge in [0.05, 0.1) is 37.4 Å². The summed E-state index contributed by atoms with van der Waals surface area (Å²) in [7, 11) is 1.46. The maximum absolute atomic E-state index is 13.4. The number of fused-ring (bicyclic) bond motifs is 1. The van der Waals surface area contributed by atoms with Crippen molar-refractivity contribution in [1.82, 2.24) is 9.80 Å². The average molecular weight is 685 g/mol. The van der Waals surface area contributed by atoms with Gasteiger partial charge in [-0.3, -0.25) is 14.6 Å². The van der Waals surface area contributed by atoms with E-state index in [0.29, 0.717) is 46.9 Å². The highest BCUT2D eigenvalue weighted by Crippen LogP contribution is 2.37. The van der Waals surface area contributed by atoms with Gasteiger partial charge < -0.3 is 24.1 Å². The van der Waals surface area contributed by atoms with Crippen molar-refractivity contribution in [2.24, 2.45) is 0 Å². The van der Waals surface area contributed by atoms with E-state index in [0.717, 1.165) is 66.1 Å². The van der Waals surface area contributed by atoms with Gasteiger partial charge in [-0.15, -0.1) is 0 Å². The standard InChI is InChI=1S/C37H36N2O7S2/c1-43-33-24-29(36(41)42)10-12-32(33)45-17-4-13-39-35(40)34(48-37(39)47)22-25-7-11-31(46-20-16-38-14-18-44-19-15-38)30(21-25)28-9-8-26-5-2-3-6-27(26)23-28/h2-3,5-12,21-24H,4,13-20H2,1H3,(H,41,42)/b34-22-. The van der Waals surface area contributed by atoms with Crippen LogP contribution in [0.4, 0.5) is 0 Å². The molecule has 48 heavy (non-hydrogen) atoms. The maximum Gasteiger partial charge on any atom is 0.335 e.